The van der Waals surface area contributed by atoms with Crippen molar-refractivity contribution in [1.82, 2.24) is 4.90 Å². The van der Waals surface area contributed by atoms with Crippen LogP contribution in [0.15, 0.2) is 24.3 Å². The van der Waals surface area contributed by atoms with Gasteiger partial charge < -0.3 is 9.64 Å². The van der Waals surface area contributed by atoms with Crippen LogP contribution < -0.4 is 0 Å². The molecule has 0 heterocycles. The van der Waals surface area contributed by atoms with Gasteiger partial charge in [-0.25, -0.2) is 0 Å². The molecule has 2 bridgehead atoms. The average molecular weight is 346 g/mol. The summed E-state index contributed by atoms with van der Waals surface area (Å²) in [6.45, 7) is 6.79. The van der Waals surface area contributed by atoms with E-state index < -0.39 is 0 Å². The van der Waals surface area contributed by atoms with Crippen molar-refractivity contribution in [3.8, 4) is 0 Å². The van der Waals surface area contributed by atoms with Gasteiger partial charge in [0, 0.05) is 6.61 Å². The number of unbranched alkanes of at least 4 members (excludes halogenated alkanes) is 1. The molecule has 2 aliphatic carbocycles. The van der Waals surface area contributed by atoms with Gasteiger partial charge in [0.1, 0.15) is 0 Å². The summed E-state index contributed by atoms with van der Waals surface area (Å²) in [6.07, 6.45) is 9.68. The second-order valence-electron chi connectivity index (χ2n) is 8.02. The van der Waals surface area contributed by atoms with Crippen LogP contribution in [0.3, 0.4) is 0 Å². The molecule has 2 nitrogen and oxygen atoms in total. The number of ether oxygens (including phenoxy) is 1. The first-order valence-electron chi connectivity index (χ1n) is 10.5. The Balaban J connectivity index is 0.00000109. The Labute approximate surface area is 156 Å². The number of fused-ring (bicyclic) bond motifs is 2. The van der Waals surface area contributed by atoms with Gasteiger partial charge in [-0.3, -0.25) is 0 Å². The maximum atomic E-state index is 5.80. The maximum Gasteiger partial charge on any atom is 0.0716 e. The van der Waals surface area contributed by atoms with Crippen LogP contribution in [0.1, 0.15) is 63.5 Å². The molecule has 0 saturated heterocycles. The predicted molar refractivity (Wildman–Crippen MR) is 108 cm³/mol. The highest BCUT2D eigenvalue weighted by Crippen LogP contribution is 2.49. The average Bonchev–Trinajstić information content (AvgIpc) is 3.24. The predicted octanol–water partition coefficient (Wildman–Crippen LogP) is 5.55. The summed E-state index contributed by atoms with van der Waals surface area (Å²) in [4.78, 5) is 2.23. The van der Waals surface area contributed by atoms with Gasteiger partial charge in [0.25, 0.3) is 0 Å². The SMILES string of the molecule is CC.CN(C)CCCCOCc1ccc(CC2CC3CCC2C3)cc1. The third kappa shape index (κ3) is 6.75. The van der Waals surface area contributed by atoms with E-state index in [1.807, 2.05) is 13.8 Å². The second kappa shape index (κ2) is 11.0. The fourth-order valence-corrected chi connectivity index (χ4v) is 4.52. The van der Waals surface area contributed by atoms with Gasteiger partial charge >= 0.3 is 0 Å². The third-order valence-electron chi connectivity index (χ3n) is 5.82. The molecule has 2 heteroatoms. The Hall–Kier alpha value is -0.860. The van der Waals surface area contributed by atoms with Crippen molar-refractivity contribution in [3.63, 3.8) is 0 Å². The highest BCUT2D eigenvalue weighted by atomic mass is 16.5. The zero-order chi connectivity index (χ0) is 18.1. The summed E-state index contributed by atoms with van der Waals surface area (Å²) in [5.41, 5.74) is 2.84. The Morgan fingerprint density at radius 2 is 1.68 bits per heavy atom. The van der Waals surface area contributed by atoms with Gasteiger partial charge in [0.2, 0.25) is 0 Å². The summed E-state index contributed by atoms with van der Waals surface area (Å²) in [6, 6.07) is 9.19. The molecule has 0 spiro atoms. The van der Waals surface area contributed by atoms with Gasteiger partial charge in [-0.1, -0.05) is 44.5 Å². The highest BCUT2D eigenvalue weighted by molar-refractivity contribution is 5.23. The Morgan fingerprint density at radius 1 is 0.960 bits per heavy atom. The molecule has 3 unspecified atom stereocenters. The van der Waals surface area contributed by atoms with E-state index in [4.69, 9.17) is 4.74 Å². The van der Waals surface area contributed by atoms with E-state index in [0.29, 0.717) is 0 Å². The van der Waals surface area contributed by atoms with Crippen LogP contribution in [0, 0.1) is 17.8 Å². The molecule has 0 aliphatic heterocycles. The van der Waals surface area contributed by atoms with Crippen molar-refractivity contribution in [1.29, 1.82) is 0 Å². The van der Waals surface area contributed by atoms with Gasteiger partial charge in [0.15, 0.2) is 0 Å². The molecular formula is C23H39NO. The van der Waals surface area contributed by atoms with Crippen LogP contribution >= 0.6 is 0 Å². The quantitative estimate of drug-likeness (QED) is 0.544. The van der Waals surface area contributed by atoms with Gasteiger partial charge in [-0.05, 0) is 88.0 Å². The lowest BCUT2D eigenvalue weighted by atomic mass is 9.84. The van der Waals surface area contributed by atoms with E-state index in [2.05, 4.69) is 43.3 Å². The van der Waals surface area contributed by atoms with Crippen LogP contribution in [-0.2, 0) is 17.8 Å². The van der Waals surface area contributed by atoms with Gasteiger partial charge in [-0.2, -0.15) is 0 Å². The minimum atomic E-state index is 0.760. The first-order valence-corrected chi connectivity index (χ1v) is 10.5. The highest BCUT2D eigenvalue weighted by Gasteiger charge is 2.38. The molecule has 0 amide bonds. The standard InChI is InChI=1S/C21H33NO.C2H6/c1-22(2)11-3-4-12-23-16-18-7-5-17(6-8-18)13-21-15-19-9-10-20(21)14-19;1-2/h5-8,19-21H,3-4,9-16H2,1-2H3;1-2H3. The number of nitrogens with zero attached hydrogens (tertiary/aromatic N) is 1. The summed E-state index contributed by atoms with van der Waals surface area (Å²) in [5.74, 6) is 3.06. The van der Waals surface area contributed by atoms with Crippen LogP contribution in [0.4, 0.5) is 0 Å². The number of hydrogen-bond donors (Lipinski definition) is 0. The molecule has 3 rings (SSSR count). The fourth-order valence-electron chi connectivity index (χ4n) is 4.52. The lowest BCUT2D eigenvalue weighted by molar-refractivity contribution is 0.115. The Kier molecular flexibility index (Phi) is 8.98. The molecule has 1 aromatic carbocycles. The summed E-state index contributed by atoms with van der Waals surface area (Å²) >= 11 is 0. The van der Waals surface area contributed by atoms with E-state index in [1.165, 1.54) is 49.7 Å². The van der Waals surface area contributed by atoms with E-state index in [9.17, 15) is 0 Å². The Morgan fingerprint density at radius 3 is 2.28 bits per heavy atom. The van der Waals surface area contributed by atoms with Crippen LogP contribution in [0.25, 0.3) is 0 Å². The molecule has 0 N–H and O–H groups in total. The fraction of sp³-hybridized carbons (Fsp3) is 0.739. The summed E-state index contributed by atoms with van der Waals surface area (Å²) in [5, 5.41) is 0. The molecule has 1 aromatic rings. The van der Waals surface area contributed by atoms with Crippen molar-refractivity contribution in [2.75, 3.05) is 27.2 Å². The van der Waals surface area contributed by atoms with Crippen LogP contribution in [-0.4, -0.2) is 32.1 Å². The van der Waals surface area contributed by atoms with Crippen molar-refractivity contribution < 1.29 is 4.74 Å². The van der Waals surface area contributed by atoms with Gasteiger partial charge in [-0.15, -0.1) is 0 Å². The number of benzene rings is 1. The number of hydrogen-bond acceptors (Lipinski definition) is 2. The van der Waals surface area contributed by atoms with E-state index >= 15 is 0 Å². The zero-order valence-electron chi connectivity index (χ0n) is 17.0. The smallest absolute Gasteiger partial charge is 0.0716 e. The van der Waals surface area contributed by atoms with Crippen LogP contribution in [0.2, 0.25) is 0 Å². The maximum absolute atomic E-state index is 5.80. The molecule has 0 aromatic heterocycles. The lowest BCUT2D eigenvalue weighted by Gasteiger charge is -2.21. The molecule has 2 saturated carbocycles. The summed E-state index contributed by atoms with van der Waals surface area (Å²) in [7, 11) is 4.25. The lowest BCUT2D eigenvalue weighted by Crippen LogP contribution is -2.13. The minimum Gasteiger partial charge on any atom is -0.377 e. The van der Waals surface area contributed by atoms with Crippen molar-refractivity contribution in [2.24, 2.45) is 17.8 Å². The molecule has 25 heavy (non-hydrogen) atoms. The topological polar surface area (TPSA) is 12.5 Å². The van der Waals surface area contributed by atoms with E-state index in [0.717, 1.165) is 43.9 Å². The molecular weight excluding hydrogens is 306 g/mol. The van der Waals surface area contributed by atoms with Gasteiger partial charge in [0.05, 0.1) is 6.61 Å². The largest absolute Gasteiger partial charge is 0.377 e. The van der Waals surface area contributed by atoms with Crippen molar-refractivity contribution in [2.45, 2.75) is 65.4 Å². The molecule has 3 atom stereocenters. The van der Waals surface area contributed by atoms with E-state index in [-0.39, 0.29) is 0 Å². The second-order valence-corrected chi connectivity index (χ2v) is 8.02. The first kappa shape index (κ1) is 20.5. The van der Waals surface area contributed by atoms with E-state index in [1.54, 1.807) is 0 Å². The van der Waals surface area contributed by atoms with Crippen molar-refractivity contribution in [3.05, 3.63) is 35.4 Å². The molecule has 2 fully saturated rings. The van der Waals surface area contributed by atoms with Crippen molar-refractivity contribution >= 4 is 0 Å². The molecule has 2 aliphatic rings. The zero-order valence-corrected chi connectivity index (χ0v) is 17.0. The number of rotatable bonds is 9. The molecule has 0 radical (unpaired) electrons. The molecule has 142 valence electrons. The normalized spacial score (nSPS) is 24.4. The Bertz CT molecular complexity index is 467. The summed E-state index contributed by atoms with van der Waals surface area (Å²) < 4.78 is 5.80. The first-order chi connectivity index (χ1) is 12.2. The van der Waals surface area contributed by atoms with Crippen LogP contribution in [0.5, 0.6) is 0 Å². The third-order valence-corrected chi connectivity index (χ3v) is 5.82. The monoisotopic (exact) mass is 345 g/mol. The minimum absolute atomic E-state index is 0.760.